The number of benzene rings is 2. The molecular weight excluding hydrogens is 405 g/mol. The molecule has 3 aromatic rings. The zero-order chi connectivity index (χ0) is 21.1. The molecule has 0 spiro atoms. The third-order valence-corrected chi connectivity index (χ3v) is 5.96. The molecule has 1 aliphatic rings. The van der Waals surface area contributed by atoms with Crippen molar-refractivity contribution >= 4 is 23.4 Å². The van der Waals surface area contributed by atoms with Gasteiger partial charge in [-0.15, -0.1) is 10.2 Å². The number of carbonyl (C=O) groups is 1. The Bertz CT molecular complexity index is 1020. The second kappa shape index (κ2) is 8.74. The number of nitrogens with zero attached hydrogens (tertiary/aromatic N) is 3. The molecule has 1 aromatic heterocycles. The van der Waals surface area contributed by atoms with E-state index in [1.807, 2.05) is 42.8 Å². The number of thioether (sulfide) groups is 1. The lowest BCUT2D eigenvalue weighted by atomic mass is 10.0. The van der Waals surface area contributed by atoms with E-state index in [1.165, 1.54) is 36.0 Å². The van der Waals surface area contributed by atoms with Crippen LogP contribution >= 0.6 is 11.8 Å². The number of hydrogen-bond donors (Lipinski definition) is 2. The first-order valence-electron chi connectivity index (χ1n) is 9.75. The van der Waals surface area contributed by atoms with Gasteiger partial charge in [0.05, 0.1) is 12.6 Å². The van der Waals surface area contributed by atoms with Gasteiger partial charge in [0.25, 0.3) is 0 Å². The predicted octanol–water partition coefficient (Wildman–Crippen LogP) is 3.78. The lowest BCUT2D eigenvalue weighted by molar-refractivity contribution is -0.116. The third kappa shape index (κ3) is 4.11. The van der Waals surface area contributed by atoms with Crippen LogP contribution in [0.5, 0.6) is 5.75 Å². The number of halogens is 1. The van der Waals surface area contributed by atoms with E-state index in [0.29, 0.717) is 23.9 Å². The molecule has 2 heterocycles. The van der Waals surface area contributed by atoms with Crippen LogP contribution in [0.3, 0.4) is 0 Å². The maximum atomic E-state index is 13.2. The van der Waals surface area contributed by atoms with E-state index in [2.05, 4.69) is 20.9 Å². The summed E-state index contributed by atoms with van der Waals surface area (Å²) in [5.41, 5.74) is 4.87. The van der Waals surface area contributed by atoms with Gasteiger partial charge in [-0.05, 0) is 48.9 Å². The molecule has 9 heteroatoms. The number of fused-ring (bicyclic) bond motifs is 1. The standard InChI is InChI=1S/C21H22FN5O2S/c1-3-17-24-25-21-27(17)26-18(13-5-11-16(12-6-13)29-4-2)19(30-21)20(28)23-15-9-7-14(22)8-10-15/h5-12,18-19,26H,3-4H2,1-2H3,(H,23,28)/t18-,19-/m1/s1. The highest BCUT2D eigenvalue weighted by Gasteiger charge is 2.37. The quantitative estimate of drug-likeness (QED) is 0.623. The maximum absolute atomic E-state index is 13.2. The van der Waals surface area contributed by atoms with Crippen molar-refractivity contribution < 1.29 is 13.9 Å². The molecule has 7 nitrogen and oxygen atoms in total. The number of rotatable bonds is 6. The van der Waals surface area contributed by atoms with Gasteiger partial charge in [-0.3, -0.25) is 4.79 Å². The molecule has 1 aliphatic heterocycles. The number of aryl methyl sites for hydroxylation is 1. The Morgan fingerprint density at radius 3 is 2.57 bits per heavy atom. The van der Waals surface area contributed by atoms with E-state index >= 15 is 0 Å². The van der Waals surface area contributed by atoms with Crippen LogP contribution in [0.2, 0.25) is 0 Å². The van der Waals surface area contributed by atoms with Crippen molar-refractivity contribution in [2.45, 2.75) is 36.7 Å². The number of hydrogen-bond acceptors (Lipinski definition) is 6. The van der Waals surface area contributed by atoms with E-state index < -0.39 is 5.25 Å². The monoisotopic (exact) mass is 427 g/mol. The smallest absolute Gasteiger partial charge is 0.240 e. The molecular formula is C21H22FN5O2S. The highest BCUT2D eigenvalue weighted by molar-refractivity contribution is 8.00. The van der Waals surface area contributed by atoms with E-state index in [9.17, 15) is 9.18 Å². The average Bonchev–Trinajstić information content (AvgIpc) is 3.17. The van der Waals surface area contributed by atoms with Crippen LogP contribution in [0.15, 0.2) is 53.7 Å². The van der Waals surface area contributed by atoms with Gasteiger partial charge in [-0.2, -0.15) is 0 Å². The van der Waals surface area contributed by atoms with Gasteiger partial charge in [-0.1, -0.05) is 30.8 Å². The molecule has 4 rings (SSSR count). The second-order valence-electron chi connectivity index (χ2n) is 6.73. The van der Waals surface area contributed by atoms with E-state index in [1.54, 1.807) is 0 Å². The number of ether oxygens (including phenoxy) is 1. The predicted molar refractivity (Wildman–Crippen MR) is 114 cm³/mol. The van der Waals surface area contributed by atoms with Crippen molar-refractivity contribution in [1.82, 2.24) is 14.9 Å². The molecule has 0 radical (unpaired) electrons. The number of nitrogens with one attached hydrogen (secondary N) is 2. The van der Waals surface area contributed by atoms with Crippen LogP contribution < -0.4 is 15.5 Å². The largest absolute Gasteiger partial charge is 0.494 e. The Hall–Kier alpha value is -3.07. The van der Waals surface area contributed by atoms with Crippen molar-refractivity contribution in [3.05, 3.63) is 65.7 Å². The molecule has 2 aromatic carbocycles. The normalized spacial score (nSPS) is 17.7. The first-order valence-corrected chi connectivity index (χ1v) is 10.6. The van der Waals surface area contributed by atoms with Gasteiger partial charge in [-0.25, -0.2) is 9.07 Å². The van der Waals surface area contributed by atoms with Gasteiger partial charge in [0.1, 0.15) is 16.8 Å². The minimum atomic E-state index is -0.505. The molecule has 1 amide bonds. The Morgan fingerprint density at radius 1 is 1.17 bits per heavy atom. The molecule has 0 fully saturated rings. The van der Waals surface area contributed by atoms with Crippen molar-refractivity contribution in [3.8, 4) is 5.75 Å². The fraction of sp³-hybridized carbons (Fsp3) is 0.286. The molecule has 2 atom stereocenters. The molecule has 0 saturated heterocycles. The zero-order valence-electron chi connectivity index (χ0n) is 16.6. The van der Waals surface area contributed by atoms with E-state index in [0.717, 1.165) is 17.1 Å². The third-order valence-electron chi connectivity index (χ3n) is 4.74. The lowest BCUT2D eigenvalue weighted by Crippen LogP contribution is -2.41. The molecule has 0 aliphatic carbocycles. The fourth-order valence-electron chi connectivity index (χ4n) is 3.26. The van der Waals surface area contributed by atoms with Crippen molar-refractivity contribution in [1.29, 1.82) is 0 Å². The highest BCUT2D eigenvalue weighted by atomic mass is 32.2. The number of amides is 1. The summed E-state index contributed by atoms with van der Waals surface area (Å²) in [5.74, 6) is 1.02. The van der Waals surface area contributed by atoms with Crippen molar-refractivity contribution in [3.63, 3.8) is 0 Å². The number of carbonyl (C=O) groups excluding carboxylic acids is 1. The Morgan fingerprint density at radius 2 is 1.90 bits per heavy atom. The van der Waals surface area contributed by atoms with Gasteiger partial charge >= 0.3 is 0 Å². The van der Waals surface area contributed by atoms with Crippen LogP contribution in [0.1, 0.15) is 31.3 Å². The molecule has 0 bridgehead atoms. The maximum Gasteiger partial charge on any atom is 0.240 e. The molecule has 0 saturated carbocycles. The van der Waals surface area contributed by atoms with E-state index in [-0.39, 0.29) is 17.8 Å². The lowest BCUT2D eigenvalue weighted by Gasteiger charge is -2.33. The number of aromatic nitrogens is 3. The summed E-state index contributed by atoms with van der Waals surface area (Å²) in [7, 11) is 0. The Balaban J connectivity index is 1.64. The fourth-order valence-corrected chi connectivity index (χ4v) is 4.36. The summed E-state index contributed by atoms with van der Waals surface area (Å²) in [6.45, 7) is 4.52. The van der Waals surface area contributed by atoms with Crippen LogP contribution in [0.4, 0.5) is 10.1 Å². The van der Waals surface area contributed by atoms with Gasteiger partial charge < -0.3 is 15.5 Å². The molecule has 2 N–H and O–H groups in total. The first-order chi connectivity index (χ1) is 14.6. The minimum absolute atomic E-state index is 0.203. The molecule has 0 unspecified atom stereocenters. The summed E-state index contributed by atoms with van der Waals surface area (Å²) in [6.07, 6.45) is 0.711. The van der Waals surface area contributed by atoms with E-state index in [4.69, 9.17) is 4.74 Å². The van der Waals surface area contributed by atoms with Crippen LogP contribution in [-0.2, 0) is 11.2 Å². The summed E-state index contributed by atoms with van der Waals surface area (Å²) in [5, 5.41) is 11.4. The van der Waals surface area contributed by atoms with Gasteiger partial charge in [0, 0.05) is 12.1 Å². The molecule has 156 valence electrons. The van der Waals surface area contributed by atoms with Crippen molar-refractivity contribution in [2.24, 2.45) is 0 Å². The highest BCUT2D eigenvalue weighted by Crippen LogP contribution is 2.38. The van der Waals surface area contributed by atoms with Crippen LogP contribution in [0.25, 0.3) is 0 Å². The summed E-state index contributed by atoms with van der Waals surface area (Å²) < 4.78 is 20.6. The molecule has 30 heavy (non-hydrogen) atoms. The first kappa shape index (κ1) is 20.2. The van der Waals surface area contributed by atoms with Gasteiger partial charge in [0.15, 0.2) is 5.82 Å². The Labute approximate surface area is 178 Å². The zero-order valence-corrected chi connectivity index (χ0v) is 17.4. The van der Waals surface area contributed by atoms with Gasteiger partial charge in [0.2, 0.25) is 11.1 Å². The second-order valence-corrected chi connectivity index (χ2v) is 7.84. The SMILES string of the molecule is CCOc1ccc([C@H]2Nn3c(CC)nnc3S[C@H]2C(=O)Nc2ccc(F)cc2)cc1. The average molecular weight is 428 g/mol. The summed E-state index contributed by atoms with van der Waals surface area (Å²) >= 11 is 1.35. The van der Waals surface area contributed by atoms with Crippen LogP contribution in [0, 0.1) is 5.82 Å². The summed E-state index contributed by atoms with van der Waals surface area (Å²) in [6, 6.07) is 13.1. The van der Waals surface area contributed by atoms with Crippen LogP contribution in [-0.4, -0.2) is 32.6 Å². The summed E-state index contributed by atoms with van der Waals surface area (Å²) in [4.78, 5) is 13.1. The minimum Gasteiger partial charge on any atom is -0.494 e. The topological polar surface area (TPSA) is 81.1 Å². The number of anilines is 1. The Kier molecular flexibility index (Phi) is 5.89. The van der Waals surface area contributed by atoms with Crippen molar-refractivity contribution in [2.75, 3.05) is 17.3 Å².